The van der Waals surface area contributed by atoms with Crippen molar-refractivity contribution in [2.45, 2.75) is 6.10 Å². The second kappa shape index (κ2) is 6.16. The summed E-state index contributed by atoms with van der Waals surface area (Å²) in [5.74, 6) is -1.17. The second-order valence-electron chi connectivity index (χ2n) is 3.10. The molecule has 1 atom stereocenters. The van der Waals surface area contributed by atoms with E-state index >= 15 is 0 Å². The monoisotopic (exact) mass is 293 g/mol. The van der Waals surface area contributed by atoms with E-state index in [4.69, 9.17) is 45.3 Å². The number of carboxylic acids is 1. The van der Waals surface area contributed by atoms with Crippen LogP contribution in [0.4, 0.5) is 5.69 Å². The van der Waals surface area contributed by atoms with E-state index in [1.165, 1.54) is 7.11 Å². The van der Waals surface area contributed by atoms with Gasteiger partial charge in [-0.15, -0.1) is 0 Å². The predicted octanol–water partition coefficient (Wildman–Crippen LogP) is 2.83. The molecule has 1 aromatic carbocycles. The number of carbonyl (C=O) groups is 1. The van der Waals surface area contributed by atoms with Gasteiger partial charge in [-0.25, -0.2) is 4.79 Å². The van der Waals surface area contributed by atoms with Gasteiger partial charge in [-0.2, -0.15) is 0 Å². The van der Waals surface area contributed by atoms with Crippen LogP contribution in [0.3, 0.4) is 0 Å². The maximum atomic E-state index is 10.8. The number of rotatable bonds is 4. The highest BCUT2D eigenvalue weighted by atomic mass is 35.5. The summed E-state index contributed by atoms with van der Waals surface area (Å²) in [6.07, 6.45) is -1.21. The number of aliphatic carboxylic acids is 1. The maximum Gasteiger partial charge on any atom is 0.339 e. The van der Waals surface area contributed by atoms with Crippen LogP contribution in [0.25, 0.3) is 0 Å². The number of methoxy groups -OCH3 is 1. The minimum Gasteiger partial charge on any atom is -0.479 e. The highest BCUT2D eigenvalue weighted by Crippen LogP contribution is 2.22. The van der Waals surface area contributed by atoms with E-state index in [2.05, 4.69) is 5.32 Å². The lowest BCUT2D eigenvalue weighted by Gasteiger charge is -2.14. The number of carboxylic acid groups (broad SMARTS) is 1. The maximum absolute atomic E-state index is 10.8. The molecule has 4 nitrogen and oxygen atoms in total. The Balaban J connectivity index is 2.83. The fourth-order valence-electron chi connectivity index (χ4n) is 1.15. The Morgan fingerprint density at radius 2 is 1.94 bits per heavy atom. The van der Waals surface area contributed by atoms with Crippen LogP contribution in [0.1, 0.15) is 0 Å². The van der Waals surface area contributed by atoms with E-state index in [1.54, 1.807) is 18.2 Å². The van der Waals surface area contributed by atoms with Crippen LogP contribution in [-0.2, 0) is 9.53 Å². The molecule has 0 amide bonds. The Morgan fingerprint density at radius 3 is 2.35 bits per heavy atom. The summed E-state index contributed by atoms with van der Waals surface area (Å²) in [7, 11) is 1.26. The molecule has 0 aliphatic rings. The van der Waals surface area contributed by atoms with Gasteiger partial charge in [0.05, 0.1) is 0 Å². The SMILES string of the molecule is COC(C(=O)O)C(=S)Nc1cc(Cl)cc(Cl)c1. The molecule has 0 fully saturated rings. The molecular weight excluding hydrogens is 285 g/mol. The van der Waals surface area contributed by atoms with Crippen LogP contribution in [0.15, 0.2) is 18.2 Å². The molecule has 0 spiro atoms. The first-order valence-electron chi connectivity index (χ1n) is 4.46. The van der Waals surface area contributed by atoms with E-state index in [1.807, 2.05) is 0 Å². The molecule has 0 heterocycles. The van der Waals surface area contributed by atoms with Crippen molar-refractivity contribution in [3.63, 3.8) is 0 Å². The zero-order valence-electron chi connectivity index (χ0n) is 8.74. The molecule has 1 rings (SSSR count). The van der Waals surface area contributed by atoms with E-state index in [0.29, 0.717) is 15.7 Å². The van der Waals surface area contributed by atoms with Crippen LogP contribution in [0, 0.1) is 0 Å². The number of ether oxygens (including phenoxy) is 1. The average molecular weight is 294 g/mol. The molecule has 0 radical (unpaired) electrons. The van der Waals surface area contributed by atoms with Crippen LogP contribution in [0.2, 0.25) is 10.0 Å². The Kier molecular flexibility index (Phi) is 5.14. The van der Waals surface area contributed by atoms with Crippen LogP contribution in [0.5, 0.6) is 0 Å². The first kappa shape index (κ1) is 14.2. The molecular formula is C10H9Cl2NO3S. The molecule has 0 aliphatic heterocycles. The van der Waals surface area contributed by atoms with Crippen molar-refractivity contribution in [2.24, 2.45) is 0 Å². The molecule has 2 N–H and O–H groups in total. The highest BCUT2D eigenvalue weighted by molar-refractivity contribution is 7.80. The number of thiocarbonyl (C=S) groups is 1. The Labute approximate surface area is 113 Å². The lowest BCUT2D eigenvalue weighted by molar-refractivity contribution is -0.144. The molecule has 1 unspecified atom stereocenters. The van der Waals surface area contributed by atoms with Gasteiger partial charge in [0.25, 0.3) is 0 Å². The van der Waals surface area contributed by atoms with Crippen LogP contribution >= 0.6 is 35.4 Å². The molecule has 0 bridgehead atoms. The fraction of sp³-hybridized carbons (Fsp3) is 0.200. The minimum atomic E-state index is -1.21. The van der Waals surface area contributed by atoms with Gasteiger partial charge in [0.15, 0.2) is 0 Å². The lowest BCUT2D eigenvalue weighted by atomic mass is 10.3. The molecule has 0 aliphatic carbocycles. The summed E-state index contributed by atoms with van der Waals surface area (Å²) < 4.78 is 4.74. The molecule has 0 saturated carbocycles. The molecule has 17 heavy (non-hydrogen) atoms. The van der Waals surface area contributed by atoms with E-state index in [-0.39, 0.29) is 4.99 Å². The number of nitrogens with one attached hydrogen (secondary N) is 1. The summed E-state index contributed by atoms with van der Waals surface area (Å²) >= 11 is 16.5. The first-order chi connectivity index (χ1) is 7.93. The predicted molar refractivity (Wildman–Crippen MR) is 71.1 cm³/mol. The first-order valence-corrected chi connectivity index (χ1v) is 5.63. The third-order valence-corrected chi connectivity index (χ3v) is 2.58. The largest absolute Gasteiger partial charge is 0.479 e. The lowest BCUT2D eigenvalue weighted by Crippen LogP contribution is -2.35. The number of hydrogen-bond acceptors (Lipinski definition) is 3. The fourth-order valence-corrected chi connectivity index (χ4v) is 1.99. The van der Waals surface area contributed by atoms with Crippen molar-refractivity contribution in [1.82, 2.24) is 0 Å². The summed E-state index contributed by atoms with van der Waals surface area (Å²) in [5.41, 5.74) is 0.510. The van der Waals surface area contributed by atoms with Gasteiger partial charge in [-0.1, -0.05) is 35.4 Å². The third-order valence-electron chi connectivity index (χ3n) is 1.83. The highest BCUT2D eigenvalue weighted by Gasteiger charge is 2.22. The molecule has 92 valence electrons. The second-order valence-corrected chi connectivity index (χ2v) is 4.41. The smallest absolute Gasteiger partial charge is 0.339 e. The number of anilines is 1. The Hall–Kier alpha value is -0.880. The van der Waals surface area contributed by atoms with Crippen molar-refractivity contribution in [3.8, 4) is 0 Å². The van der Waals surface area contributed by atoms with Crippen molar-refractivity contribution >= 4 is 52.1 Å². The van der Waals surface area contributed by atoms with Crippen LogP contribution in [-0.4, -0.2) is 29.3 Å². The van der Waals surface area contributed by atoms with Crippen LogP contribution < -0.4 is 5.32 Å². The van der Waals surface area contributed by atoms with Gasteiger partial charge >= 0.3 is 5.97 Å². The summed E-state index contributed by atoms with van der Waals surface area (Å²) in [4.78, 5) is 10.8. The Bertz CT molecular complexity index is 433. The van der Waals surface area contributed by atoms with Gasteiger partial charge in [0, 0.05) is 22.8 Å². The molecule has 0 saturated heterocycles. The van der Waals surface area contributed by atoms with Gasteiger partial charge in [-0.05, 0) is 18.2 Å². The number of hydrogen-bond donors (Lipinski definition) is 2. The normalized spacial score (nSPS) is 11.9. The van der Waals surface area contributed by atoms with Crippen molar-refractivity contribution < 1.29 is 14.6 Å². The van der Waals surface area contributed by atoms with E-state index < -0.39 is 12.1 Å². The number of benzene rings is 1. The summed E-state index contributed by atoms with van der Waals surface area (Å²) in [6.45, 7) is 0. The van der Waals surface area contributed by atoms with E-state index in [9.17, 15) is 4.79 Å². The van der Waals surface area contributed by atoms with Crippen molar-refractivity contribution in [1.29, 1.82) is 0 Å². The molecule has 7 heteroatoms. The quantitative estimate of drug-likeness (QED) is 0.836. The van der Waals surface area contributed by atoms with E-state index in [0.717, 1.165) is 0 Å². The zero-order chi connectivity index (χ0) is 13.0. The average Bonchev–Trinajstić information content (AvgIpc) is 2.15. The minimum absolute atomic E-state index is 0.0262. The third kappa shape index (κ3) is 4.12. The van der Waals surface area contributed by atoms with Gasteiger partial charge in [-0.3, -0.25) is 0 Å². The summed E-state index contributed by atoms with van der Waals surface area (Å²) in [5, 5.41) is 12.4. The summed E-state index contributed by atoms with van der Waals surface area (Å²) in [6, 6.07) is 4.71. The van der Waals surface area contributed by atoms with Gasteiger partial charge in [0.2, 0.25) is 6.10 Å². The van der Waals surface area contributed by atoms with Gasteiger partial charge in [0.1, 0.15) is 4.99 Å². The number of halogens is 2. The topological polar surface area (TPSA) is 58.6 Å². The molecule has 1 aromatic rings. The van der Waals surface area contributed by atoms with Crippen molar-refractivity contribution in [3.05, 3.63) is 28.2 Å². The standard InChI is InChI=1S/C10H9Cl2NO3S/c1-16-8(10(14)15)9(17)13-7-3-5(11)2-6(12)4-7/h2-4,8H,1H3,(H,13,17)(H,14,15). The zero-order valence-corrected chi connectivity index (χ0v) is 11.1. The Morgan fingerprint density at radius 1 is 1.41 bits per heavy atom. The molecule has 0 aromatic heterocycles. The van der Waals surface area contributed by atoms with Gasteiger partial charge < -0.3 is 15.2 Å². The van der Waals surface area contributed by atoms with Crippen molar-refractivity contribution in [2.75, 3.05) is 12.4 Å².